The van der Waals surface area contributed by atoms with Crippen LogP contribution in [0.5, 0.6) is 0 Å². The van der Waals surface area contributed by atoms with Gasteiger partial charge in [0.2, 0.25) is 11.8 Å². The van der Waals surface area contributed by atoms with Gasteiger partial charge in [0, 0.05) is 57.3 Å². The summed E-state index contributed by atoms with van der Waals surface area (Å²) in [5.74, 6) is 0.547. The molecule has 0 radical (unpaired) electrons. The van der Waals surface area contributed by atoms with E-state index in [1.165, 1.54) is 18.4 Å². The molecule has 29 heavy (non-hydrogen) atoms. The molecule has 2 amide bonds. The predicted molar refractivity (Wildman–Crippen MR) is 111 cm³/mol. The first-order valence-electron chi connectivity index (χ1n) is 11.3. The van der Waals surface area contributed by atoms with Gasteiger partial charge in [-0.05, 0) is 37.7 Å². The first-order valence-corrected chi connectivity index (χ1v) is 11.3. The van der Waals surface area contributed by atoms with Crippen molar-refractivity contribution < 1.29 is 9.59 Å². The Labute approximate surface area is 173 Å². The third-order valence-corrected chi connectivity index (χ3v) is 6.90. The highest BCUT2D eigenvalue weighted by Crippen LogP contribution is 2.38. The molecular formula is C23H32N4O2. The highest BCUT2D eigenvalue weighted by atomic mass is 16.2. The highest BCUT2D eigenvalue weighted by Gasteiger charge is 2.48. The molecule has 2 atom stereocenters. The van der Waals surface area contributed by atoms with E-state index in [1.54, 1.807) is 0 Å². The van der Waals surface area contributed by atoms with E-state index in [2.05, 4.69) is 40.5 Å². The molecule has 1 aromatic carbocycles. The third kappa shape index (κ3) is 4.19. The van der Waals surface area contributed by atoms with E-state index in [1.807, 2.05) is 9.80 Å². The van der Waals surface area contributed by atoms with Crippen molar-refractivity contribution in [2.45, 2.75) is 56.8 Å². The molecule has 2 heterocycles. The molecule has 4 fully saturated rings. The van der Waals surface area contributed by atoms with Crippen LogP contribution >= 0.6 is 0 Å². The van der Waals surface area contributed by atoms with E-state index in [-0.39, 0.29) is 29.8 Å². The number of piperazine rings is 1. The summed E-state index contributed by atoms with van der Waals surface area (Å²) in [6, 6.07) is 11.2. The summed E-state index contributed by atoms with van der Waals surface area (Å²) in [6.07, 6.45) is 5.23. The first-order chi connectivity index (χ1) is 14.2. The van der Waals surface area contributed by atoms with Crippen molar-refractivity contribution in [2.24, 2.45) is 5.92 Å². The number of carbonyl (C=O) groups is 2. The quantitative estimate of drug-likeness (QED) is 0.791. The minimum atomic E-state index is -0.275. The Kier molecular flexibility index (Phi) is 5.31. The van der Waals surface area contributed by atoms with Crippen molar-refractivity contribution in [2.75, 3.05) is 32.7 Å². The van der Waals surface area contributed by atoms with Gasteiger partial charge in [-0.15, -0.1) is 0 Å². The molecule has 0 spiro atoms. The largest absolute Gasteiger partial charge is 0.338 e. The van der Waals surface area contributed by atoms with Crippen molar-refractivity contribution in [1.82, 2.24) is 20.0 Å². The Morgan fingerprint density at radius 1 is 0.966 bits per heavy atom. The van der Waals surface area contributed by atoms with Gasteiger partial charge in [-0.2, -0.15) is 0 Å². The normalized spacial score (nSPS) is 27.5. The SMILES string of the molecule is O=C(C1CC(N(Cc2ccccc2)C2CC2)CN1C(=O)C1CC1)N1CCNCC1. The summed E-state index contributed by atoms with van der Waals surface area (Å²) in [7, 11) is 0. The summed E-state index contributed by atoms with van der Waals surface area (Å²) in [5, 5.41) is 3.32. The number of hydrogen-bond donors (Lipinski definition) is 1. The van der Waals surface area contributed by atoms with E-state index in [0.717, 1.165) is 52.0 Å². The number of amides is 2. The number of nitrogens with zero attached hydrogens (tertiary/aromatic N) is 3. The summed E-state index contributed by atoms with van der Waals surface area (Å²) in [4.78, 5) is 32.9. The second-order valence-corrected chi connectivity index (χ2v) is 9.13. The molecule has 2 unspecified atom stereocenters. The molecule has 2 saturated carbocycles. The van der Waals surface area contributed by atoms with Crippen molar-refractivity contribution >= 4 is 11.8 Å². The minimum Gasteiger partial charge on any atom is -0.338 e. The Balaban J connectivity index is 1.34. The second-order valence-electron chi connectivity index (χ2n) is 9.13. The molecule has 1 aromatic rings. The van der Waals surface area contributed by atoms with Gasteiger partial charge in [-0.3, -0.25) is 14.5 Å². The summed E-state index contributed by atoms with van der Waals surface area (Å²) < 4.78 is 0. The Hall–Kier alpha value is -1.92. The van der Waals surface area contributed by atoms with Crippen LogP contribution in [-0.4, -0.2) is 77.4 Å². The second kappa shape index (κ2) is 8.07. The zero-order valence-electron chi connectivity index (χ0n) is 17.1. The number of rotatable bonds is 6. The van der Waals surface area contributed by atoms with Crippen LogP contribution in [0.3, 0.4) is 0 Å². The smallest absolute Gasteiger partial charge is 0.245 e. The number of carbonyl (C=O) groups excluding carboxylic acids is 2. The van der Waals surface area contributed by atoms with Gasteiger partial charge in [0.1, 0.15) is 6.04 Å². The van der Waals surface area contributed by atoms with E-state index in [4.69, 9.17) is 0 Å². The number of likely N-dealkylation sites (tertiary alicyclic amines) is 1. The molecule has 4 aliphatic rings. The lowest BCUT2D eigenvalue weighted by Gasteiger charge is -2.32. The van der Waals surface area contributed by atoms with Crippen LogP contribution in [-0.2, 0) is 16.1 Å². The molecule has 1 N–H and O–H groups in total. The van der Waals surface area contributed by atoms with E-state index in [0.29, 0.717) is 12.6 Å². The molecule has 156 valence electrons. The van der Waals surface area contributed by atoms with Crippen LogP contribution in [0.2, 0.25) is 0 Å². The molecule has 2 aliphatic carbocycles. The van der Waals surface area contributed by atoms with Gasteiger partial charge in [0.25, 0.3) is 0 Å². The first kappa shape index (κ1) is 19.1. The molecule has 2 aliphatic heterocycles. The lowest BCUT2D eigenvalue weighted by molar-refractivity contribution is -0.144. The molecule has 0 aromatic heterocycles. The molecule has 2 saturated heterocycles. The average molecular weight is 397 g/mol. The minimum absolute atomic E-state index is 0.163. The molecule has 0 bridgehead atoms. The van der Waals surface area contributed by atoms with Crippen LogP contribution in [0.1, 0.15) is 37.7 Å². The van der Waals surface area contributed by atoms with Crippen molar-refractivity contribution in [3.63, 3.8) is 0 Å². The van der Waals surface area contributed by atoms with Gasteiger partial charge >= 0.3 is 0 Å². The van der Waals surface area contributed by atoms with Crippen LogP contribution in [0.15, 0.2) is 30.3 Å². The Bertz CT molecular complexity index is 741. The van der Waals surface area contributed by atoms with E-state index >= 15 is 0 Å². The predicted octanol–water partition coefficient (Wildman–Crippen LogP) is 1.46. The maximum Gasteiger partial charge on any atom is 0.245 e. The lowest BCUT2D eigenvalue weighted by Crippen LogP contribution is -2.53. The topological polar surface area (TPSA) is 55.9 Å². The maximum absolute atomic E-state index is 13.4. The van der Waals surface area contributed by atoms with Crippen molar-refractivity contribution in [3.05, 3.63) is 35.9 Å². The van der Waals surface area contributed by atoms with Crippen LogP contribution in [0.25, 0.3) is 0 Å². The van der Waals surface area contributed by atoms with Crippen molar-refractivity contribution in [3.8, 4) is 0 Å². The molecular weight excluding hydrogens is 364 g/mol. The van der Waals surface area contributed by atoms with Gasteiger partial charge in [0.15, 0.2) is 0 Å². The standard InChI is InChI=1S/C23H32N4O2/c28-22(18-6-7-18)27-16-20(14-21(27)23(29)25-12-10-24-11-13-25)26(19-8-9-19)15-17-4-2-1-3-5-17/h1-5,18-21,24H,6-16H2. The van der Waals surface area contributed by atoms with Gasteiger partial charge in [0.05, 0.1) is 0 Å². The fraction of sp³-hybridized carbons (Fsp3) is 0.652. The molecule has 5 rings (SSSR count). The number of hydrogen-bond acceptors (Lipinski definition) is 4. The Morgan fingerprint density at radius 3 is 2.34 bits per heavy atom. The maximum atomic E-state index is 13.4. The number of nitrogens with one attached hydrogen (secondary N) is 1. The molecule has 6 heteroatoms. The van der Waals surface area contributed by atoms with Crippen molar-refractivity contribution in [1.29, 1.82) is 0 Å². The summed E-state index contributed by atoms with van der Waals surface area (Å²) >= 11 is 0. The van der Waals surface area contributed by atoms with Gasteiger partial charge in [-0.1, -0.05) is 30.3 Å². The van der Waals surface area contributed by atoms with E-state index in [9.17, 15) is 9.59 Å². The van der Waals surface area contributed by atoms with Gasteiger partial charge < -0.3 is 15.1 Å². The zero-order chi connectivity index (χ0) is 19.8. The Morgan fingerprint density at radius 2 is 1.69 bits per heavy atom. The lowest BCUT2D eigenvalue weighted by atomic mass is 10.1. The number of benzene rings is 1. The summed E-state index contributed by atoms with van der Waals surface area (Å²) in [5.41, 5.74) is 1.32. The monoisotopic (exact) mass is 396 g/mol. The van der Waals surface area contributed by atoms with Gasteiger partial charge in [-0.25, -0.2) is 0 Å². The van der Waals surface area contributed by atoms with Crippen LogP contribution in [0.4, 0.5) is 0 Å². The third-order valence-electron chi connectivity index (χ3n) is 6.90. The fourth-order valence-electron chi connectivity index (χ4n) is 4.95. The summed E-state index contributed by atoms with van der Waals surface area (Å²) in [6.45, 7) is 4.82. The van der Waals surface area contributed by atoms with Crippen LogP contribution < -0.4 is 5.32 Å². The highest BCUT2D eigenvalue weighted by molar-refractivity contribution is 5.90. The van der Waals surface area contributed by atoms with Crippen LogP contribution in [0, 0.1) is 5.92 Å². The average Bonchev–Trinajstić information content (AvgIpc) is 3.69. The van der Waals surface area contributed by atoms with E-state index < -0.39 is 0 Å². The molecule has 6 nitrogen and oxygen atoms in total. The zero-order valence-corrected chi connectivity index (χ0v) is 17.1. The fourth-order valence-corrected chi connectivity index (χ4v) is 4.95.